The van der Waals surface area contributed by atoms with Crippen molar-refractivity contribution in [3.05, 3.63) is 54.6 Å². The number of nitrogens with one attached hydrogen (secondary N) is 1. The first-order valence-electron chi connectivity index (χ1n) is 9.33. The van der Waals surface area contributed by atoms with Crippen LogP contribution < -0.4 is 5.32 Å². The van der Waals surface area contributed by atoms with Gasteiger partial charge in [0.05, 0.1) is 5.52 Å². The van der Waals surface area contributed by atoms with E-state index in [1.54, 1.807) is 0 Å². The summed E-state index contributed by atoms with van der Waals surface area (Å²) in [5.74, 6) is 1.89. The molecule has 142 valence electrons. The Morgan fingerprint density at radius 3 is 2.57 bits per heavy atom. The minimum Gasteiger partial charge on any atom is -0.413 e. The van der Waals surface area contributed by atoms with E-state index in [1.165, 1.54) is 0 Å². The van der Waals surface area contributed by atoms with Crippen molar-refractivity contribution in [3.8, 4) is 23.2 Å². The molecule has 4 rings (SSSR count). The van der Waals surface area contributed by atoms with Gasteiger partial charge in [-0.05, 0) is 37.6 Å². The zero-order valence-corrected chi connectivity index (χ0v) is 15.6. The van der Waals surface area contributed by atoms with Crippen LogP contribution >= 0.6 is 0 Å². The zero-order valence-electron chi connectivity index (χ0n) is 15.6. The van der Waals surface area contributed by atoms with Crippen molar-refractivity contribution in [1.29, 1.82) is 0 Å². The van der Waals surface area contributed by atoms with Crippen LogP contribution in [0.25, 0.3) is 34.1 Å². The minimum absolute atomic E-state index is 0.293. The van der Waals surface area contributed by atoms with Gasteiger partial charge in [-0.3, -0.25) is 0 Å². The molecule has 0 saturated carbocycles. The molecule has 2 aromatic carbocycles. The van der Waals surface area contributed by atoms with E-state index in [-0.39, 0.29) is 0 Å². The standard InChI is InChI=1S/C21H21N5O2/c1-2-27-14-8-13-22-18-16-11-6-7-12-17(16)23-19(24-18)21-26-25-20(28-21)15-9-4-3-5-10-15/h3-7,9-12H,2,8,13-14H2,1H3,(H,22,23,24). The normalized spacial score (nSPS) is 11.0. The van der Waals surface area contributed by atoms with E-state index in [9.17, 15) is 0 Å². The Bertz CT molecular complexity index is 1050. The number of benzene rings is 2. The lowest BCUT2D eigenvalue weighted by atomic mass is 10.2. The molecule has 0 aliphatic carbocycles. The fraction of sp³-hybridized carbons (Fsp3) is 0.238. The molecule has 0 unspecified atom stereocenters. The lowest BCUT2D eigenvalue weighted by Gasteiger charge is -2.09. The second-order valence-electron chi connectivity index (χ2n) is 6.17. The van der Waals surface area contributed by atoms with Gasteiger partial charge in [-0.15, -0.1) is 10.2 Å². The summed E-state index contributed by atoms with van der Waals surface area (Å²) in [6.45, 7) is 4.18. The third kappa shape index (κ3) is 3.99. The average molecular weight is 375 g/mol. The number of hydrogen-bond acceptors (Lipinski definition) is 7. The molecule has 28 heavy (non-hydrogen) atoms. The third-order valence-corrected chi connectivity index (χ3v) is 4.20. The Kier molecular flexibility index (Phi) is 5.53. The van der Waals surface area contributed by atoms with Crippen LogP contribution in [0, 0.1) is 0 Å². The Morgan fingerprint density at radius 2 is 1.71 bits per heavy atom. The molecule has 0 radical (unpaired) electrons. The van der Waals surface area contributed by atoms with E-state index >= 15 is 0 Å². The largest absolute Gasteiger partial charge is 0.413 e. The summed E-state index contributed by atoms with van der Waals surface area (Å²) < 4.78 is 11.2. The highest BCUT2D eigenvalue weighted by Gasteiger charge is 2.15. The maximum Gasteiger partial charge on any atom is 0.286 e. The maximum atomic E-state index is 5.82. The van der Waals surface area contributed by atoms with Gasteiger partial charge in [0.1, 0.15) is 5.82 Å². The molecule has 0 saturated heterocycles. The number of nitrogens with zero attached hydrogens (tertiary/aromatic N) is 4. The number of rotatable bonds is 8. The van der Waals surface area contributed by atoms with Crippen LogP contribution in [-0.4, -0.2) is 39.9 Å². The summed E-state index contributed by atoms with van der Waals surface area (Å²) in [5.41, 5.74) is 1.68. The Hall–Kier alpha value is -3.32. The molecule has 4 aromatic rings. The molecule has 0 spiro atoms. The third-order valence-electron chi connectivity index (χ3n) is 4.20. The number of aromatic nitrogens is 4. The summed E-state index contributed by atoms with van der Waals surface area (Å²) in [7, 11) is 0. The van der Waals surface area contributed by atoms with Crippen molar-refractivity contribution in [2.24, 2.45) is 0 Å². The van der Waals surface area contributed by atoms with Gasteiger partial charge in [0.2, 0.25) is 11.7 Å². The van der Waals surface area contributed by atoms with E-state index < -0.39 is 0 Å². The van der Waals surface area contributed by atoms with E-state index in [4.69, 9.17) is 9.15 Å². The van der Waals surface area contributed by atoms with Crippen molar-refractivity contribution >= 4 is 16.7 Å². The number of para-hydroxylation sites is 1. The number of ether oxygens (including phenoxy) is 1. The van der Waals surface area contributed by atoms with Crippen molar-refractivity contribution in [3.63, 3.8) is 0 Å². The van der Waals surface area contributed by atoms with Gasteiger partial charge in [-0.25, -0.2) is 9.97 Å². The van der Waals surface area contributed by atoms with E-state index in [0.29, 0.717) is 24.2 Å². The first-order chi connectivity index (χ1) is 13.8. The molecule has 2 aromatic heterocycles. The Balaban J connectivity index is 1.63. The quantitative estimate of drug-likeness (QED) is 0.462. The highest BCUT2D eigenvalue weighted by Crippen LogP contribution is 2.26. The molecule has 2 heterocycles. The highest BCUT2D eigenvalue weighted by molar-refractivity contribution is 5.90. The molecule has 7 heteroatoms. The van der Waals surface area contributed by atoms with Gasteiger partial charge in [0, 0.05) is 30.7 Å². The van der Waals surface area contributed by atoms with Crippen LogP contribution in [0.5, 0.6) is 0 Å². The van der Waals surface area contributed by atoms with E-state index in [0.717, 1.165) is 41.9 Å². The molecule has 0 aliphatic rings. The lowest BCUT2D eigenvalue weighted by Crippen LogP contribution is -2.08. The van der Waals surface area contributed by atoms with Crippen molar-refractivity contribution < 1.29 is 9.15 Å². The predicted molar refractivity (Wildman–Crippen MR) is 108 cm³/mol. The SMILES string of the molecule is CCOCCCNc1nc(-c2nnc(-c3ccccc3)o2)nc2ccccc12. The van der Waals surface area contributed by atoms with Gasteiger partial charge >= 0.3 is 0 Å². The lowest BCUT2D eigenvalue weighted by molar-refractivity contribution is 0.147. The van der Waals surface area contributed by atoms with Crippen LogP contribution in [0.2, 0.25) is 0 Å². The van der Waals surface area contributed by atoms with Gasteiger partial charge in [-0.2, -0.15) is 0 Å². The van der Waals surface area contributed by atoms with Gasteiger partial charge in [0.15, 0.2) is 0 Å². The zero-order chi connectivity index (χ0) is 19.2. The van der Waals surface area contributed by atoms with E-state index in [1.807, 2.05) is 61.5 Å². The van der Waals surface area contributed by atoms with Crippen LogP contribution in [0.3, 0.4) is 0 Å². The molecular formula is C21H21N5O2. The Labute approximate surface area is 162 Å². The summed E-state index contributed by atoms with van der Waals surface area (Å²) in [5, 5.41) is 12.6. The predicted octanol–water partition coefficient (Wildman–Crippen LogP) is 4.19. The second-order valence-corrected chi connectivity index (χ2v) is 6.17. The van der Waals surface area contributed by atoms with Crippen molar-refractivity contribution in [1.82, 2.24) is 20.2 Å². The molecule has 0 atom stereocenters. The smallest absolute Gasteiger partial charge is 0.286 e. The van der Waals surface area contributed by atoms with Gasteiger partial charge in [-0.1, -0.05) is 30.3 Å². The summed E-state index contributed by atoms with van der Waals surface area (Å²) in [4.78, 5) is 9.24. The first kappa shape index (κ1) is 18.1. The summed E-state index contributed by atoms with van der Waals surface area (Å²) in [6, 6.07) is 17.5. The summed E-state index contributed by atoms with van der Waals surface area (Å²) in [6.07, 6.45) is 0.889. The molecular weight excluding hydrogens is 354 g/mol. The molecule has 0 amide bonds. The molecule has 1 N–H and O–H groups in total. The topological polar surface area (TPSA) is 86.0 Å². The van der Waals surface area contributed by atoms with E-state index in [2.05, 4.69) is 25.5 Å². The van der Waals surface area contributed by atoms with Crippen LogP contribution in [0.4, 0.5) is 5.82 Å². The number of anilines is 1. The number of hydrogen-bond donors (Lipinski definition) is 1. The minimum atomic E-state index is 0.293. The molecule has 0 bridgehead atoms. The number of fused-ring (bicyclic) bond motifs is 1. The molecule has 0 aliphatic heterocycles. The average Bonchev–Trinajstić information content (AvgIpc) is 3.24. The molecule has 7 nitrogen and oxygen atoms in total. The maximum absolute atomic E-state index is 5.82. The first-order valence-corrected chi connectivity index (χ1v) is 9.33. The Morgan fingerprint density at radius 1 is 0.929 bits per heavy atom. The van der Waals surface area contributed by atoms with Crippen molar-refractivity contribution in [2.75, 3.05) is 25.1 Å². The van der Waals surface area contributed by atoms with Crippen LogP contribution in [-0.2, 0) is 4.74 Å². The summed E-state index contributed by atoms with van der Waals surface area (Å²) >= 11 is 0. The fourth-order valence-corrected chi connectivity index (χ4v) is 2.84. The fourth-order valence-electron chi connectivity index (χ4n) is 2.84. The highest BCUT2D eigenvalue weighted by atomic mass is 16.5. The van der Waals surface area contributed by atoms with Crippen molar-refractivity contribution in [2.45, 2.75) is 13.3 Å². The monoisotopic (exact) mass is 375 g/mol. The van der Waals surface area contributed by atoms with Gasteiger partial charge in [0.25, 0.3) is 5.89 Å². The second kappa shape index (κ2) is 8.58. The van der Waals surface area contributed by atoms with Crippen LogP contribution in [0.1, 0.15) is 13.3 Å². The van der Waals surface area contributed by atoms with Gasteiger partial charge < -0.3 is 14.5 Å². The van der Waals surface area contributed by atoms with Crippen LogP contribution in [0.15, 0.2) is 59.0 Å². The molecule has 0 fully saturated rings.